The first kappa shape index (κ1) is 36.9. The molecule has 0 aliphatic heterocycles. The highest BCUT2D eigenvalue weighted by Gasteiger charge is 2.58. The fourth-order valence-electron chi connectivity index (χ4n) is 5.62. The van der Waals surface area contributed by atoms with E-state index in [0.717, 1.165) is 11.1 Å². The SMILES string of the molecule is Cc1ccc(-c2cnc(NNCS(=O)(=O)NCC(F)(O[Si](c3ccccc3)(c3ccccc3)C(C)(C)C)C(F)F)c(-c3cnn(C)c3)n2)cc1. The van der Waals surface area contributed by atoms with E-state index in [4.69, 9.17) is 9.41 Å². The van der Waals surface area contributed by atoms with E-state index >= 15 is 4.39 Å². The van der Waals surface area contributed by atoms with Crippen molar-refractivity contribution in [2.24, 2.45) is 7.05 Å². The van der Waals surface area contributed by atoms with Gasteiger partial charge in [0.05, 0.1) is 24.6 Å². The van der Waals surface area contributed by atoms with E-state index in [1.165, 1.54) is 6.20 Å². The van der Waals surface area contributed by atoms with Crippen molar-refractivity contribution in [2.45, 2.75) is 45.0 Å². The van der Waals surface area contributed by atoms with Gasteiger partial charge in [0, 0.05) is 24.4 Å². The first-order valence-electron chi connectivity index (χ1n) is 15.8. The van der Waals surface area contributed by atoms with Gasteiger partial charge in [0.2, 0.25) is 10.0 Å². The van der Waals surface area contributed by atoms with Crippen molar-refractivity contribution in [1.82, 2.24) is 29.9 Å². The Morgan fingerprint density at radius 1 is 0.900 bits per heavy atom. The summed E-state index contributed by atoms with van der Waals surface area (Å²) in [6.45, 7) is 6.07. The standard InChI is InChI=1S/C35H40F3N7O3SSi/c1-25-16-18-26(19-17-25)30-21-39-32(31(43-30)27-20-41-45(5)22-27)44-40-24-49(46,47)42-23-35(38,33(36)37)48-50(34(2,3)4,28-12-8-6-9-13-28)29-14-10-7-11-15-29/h6-22,33,40,42H,23-24H2,1-5H3,(H,39,44). The van der Waals surface area contributed by atoms with E-state index in [1.807, 2.05) is 35.9 Å². The van der Waals surface area contributed by atoms with Gasteiger partial charge in [-0.2, -0.15) is 5.10 Å². The third-order valence-corrected chi connectivity index (χ3v) is 14.3. The van der Waals surface area contributed by atoms with E-state index in [0.29, 0.717) is 27.3 Å². The second kappa shape index (κ2) is 14.8. The summed E-state index contributed by atoms with van der Waals surface area (Å²) in [6, 6.07) is 25.1. The molecule has 2 heterocycles. The van der Waals surface area contributed by atoms with Gasteiger partial charge in [-0.1, -0.05) is 111 Å². The molecule has 10 nitrogen and oxygen atoms in total. The van der Waals surface area contributed by atoms with Crippen molar-refractivity contribution < 1.29 is 26.0 Å². The first-order chi connectivity index (χ1) is 23.6. The minimum absolute atomic E-state index is 0.187. The molecule has 5 rings (SSSR count). The molecule has 1 unspecified atom stereocenters. The Morgan fingerprint density at radius 2 is 1.50 bits per heavy atom. The van der Waals surface area contributed by atoms with E-state index in [2.05, 4.69) is 20.9 Å². The van der Waals surface area contributed by atoms with Gasteiger partial charge in [-0.05, 0) is 22.3 Å². The number of nitrogens with one attached hydrogen (secondary N) is 3. The summed E-state index contributed by atoms with van der Waals surface area (Å²) in [5.74, 6) is -4.30. The summed E-state index contributed by atoms with van der Waals surface area (Å²) in [5.41, 5.74) is 8.77. The predicted octanol–water partition coefficient (Wildman–Crippen LogP) is 5.15. The molecule has 3 N–H and O–H groups in total. The largest absolute Gasteiger partial charge is 0.371 e. The maximum Gasteiger partial charge on any atom is 0.296 e. The van der Waals surface area contributed by atoms with Gasteiger partial charge in [-0.15, -0.1) is 0 Å². The summed E-state index contributed by atoms with van der Waals surface area (Å²) < 4.78 is 81.8. The number of hydrazine groups is 1. The topological polar surface area (TPSA) is 123 Å². The molecule has 0 fully saturated rings. The van der Waals surface area contributed by atoms with Gasteiger partial charge in [-0.3, -0.25) is 4.68 Å². The number of sulfonamides is 1. The maximum absolute atomic E-state index is 16.5. The zero-order valence-corrected chi connectivity index (χ0v) is 30.2. The van der Waals surface area contributed by atoms with Crippen LogP contribution in [0.4, 0.5) is 19.0 Å². The second-order valence-electron chi connectivity index (χ2n) is 13.0. The third kappa shape index (κ3) is 8.13. The third-order valence-electron chi connectivity index (χ3n) is 8.17. The van der Waals surface area contributed by atoms with Crippen molar-refractivity contribution in [1.29, 1.82) is 0 Å². The number of rotatable bonds is 14. The van der Waals surface area contributed by atoms with Crippen LogP contribution in [0.2, 0.25) is 5.04 Å². The second-order valence-corrected chi connectivity index (χ2v) is 19.0. The molecule has 3 aromatic carbocycles. The van der Waals surface area contributed by atoms with Crippen molar-refractivity contribution in [2.75, 3.05) is 17.8 Å². The number of hydrogen-bond acceptors (Lipinski definition) is 8. The van der Waals surface area contributed by atoms with Gasteiger partial charge in [0.1, 0.15) is 11.6 Å². The van der Waals surface area contributed by atoms with Crippen LogP contribution in [0, 0.1) is 6.92 Å². The number of aromatic nitrogens is 4. The summed E-state index contributed by atoms with van der Waals surface area (Å²) in [4.78, 5) is 9.18. The Balaban J connectivity index is 1.35. The zero-order valence-electron chi connectivity index (χ0n) is 28.4. The first-order valence-corrected chi connectivity index (χ1v) is 19.4. The van der Waals surface area contributed by atoms with Gasteiger partial charge in [0.15, 0.2) is 5.82 Å². The van der Waals surface area contributed by atoms with Crippen molar-refractivity contribution >= 4 is 34.5 Å². The minimum Gasteiger partial charge on any atom is -0.371 e. The van der Waals surface area contributed by atoms with Gasteiger partial charge < -0.3 is 9.85 Å². The van der Waals surface area contributed by atoms with Gasteiger partial charge in [0.25, 0.3) is 20.6 Å². The monoisotopic (exact) mass is 723 g/mol. The lowest BCUT2D eigenvalue weighted by molar-refractivity contribution is -0.167. The number of nitrogens with zero attached hydrogens (tertiary/aromatic N) is 4. The lowest BCUT2D eigenvalue weighted by Crippen LogP contribution is -2.71. The Labute approximate surface area is 291 Å². The molecule has 0 saturated carbocycles. The lowest BCUT2D eigenvalue weighted by atomic mass is 10.1. The van der Waals surface area contributed by atoms with Crippen molar-refractivity contribution in [3.63, 3.8) is 0 Å². The average Bonchev–Trinajstić information content (AvgIpc) is 3.53. The quantitative estimate of drug-likeness (QED) is 0.106. The predicted molar refractivity (Wildman–Crippen MR) is 192 cm³/mol. The van der Waals surface area contributed by atoms with Gasteiger partial charge >= 0.3 is 0 Å². The Kier molecular flexibility index (Phi) is 10.9. The van der Waals surface area contributed by atoms with Crippen LogP contribution in [-0.2, 0) is 21.5 Å². The highest BCUT2D eigenvalue weighted by Crippen LogP contribution is 2.41. The molecule has 0 radical (unpaired) electrons. The highest BCUT2D eigenvalue weighted by molar-refractivity contribution is 7.89. The zero-order chi connectivity index (χ0) is 36.2. The van der Waals surface area contributed by atoms with Crippen LogP contribution in [0.1, 0.15) is 26.3 Å². The van der Waals surface area contributed by atoms with Gasteiger partial charge in [-0.25, -0.2) is 41.7 Å². The van der Waals surface area contributed by atoms with Crippen LogP contribution in [0.25, 0.3) is 22.5 Å². The molecule has 1 atom stereocenters. The summed E-state index contributed by atoms with van der Waals surface area (Å²) in [5, 5.41) is 4.49. The highest BCUT2D eigenvalue weighted by atomic mass is 32.2. The smallest absolute Gasteiger partial charge is 0.296 e. The van der Waals surface area contributed by atoms with Crippen molar-refractivity contribution in [3.8, 4) is 22.5 Å². The average molecular weight is 724 g/mol. The number of hydrogen-bond donors (Lipinski definition) is 3. The Bertz CT molecular complexity index is 1960. The number of halogens is 3. The van der Waals surface area contributed by atoms with Crippen LogP contribution in [0.15, 0.2) is 104 Å². The fraction of sp³-hybridized carbons (Fsp3) is 0.286. The van der Waals surface area contributed by atoms with Crippen LogP contribution < -0.4 is 25.9 Å². The molecule has 0 saturated heterocycles. The molecule has 0 spiro atoms. The number of aryl methyl sites for hydroxylation is 2. The maximum atomic E-state index is 16.5. The molecule has 15 heteroatoms. The summed E-state index contributed by atoms with van der Waals surface area (Å²) in [7, 11) is -6.47. The molecule has 0 amide bonds. The molecule has 2 aromatic heterocycles. The van der Waals surface area contributed by atoms with Crippen molar-refractivity contribution in [3.05, 3.63) is 109 Å². The van der Waals surface area contributed by atoms with Crippen LogP contribution >= 0.6 is 0 Å². The lowest BCUT2D eigenvalue weighted by Gasteiger charge is -2.46. The number of anilines is 1. The van der Waals surface area contributed by atoms with Crippen LogP contribution in [0.5, 0.6) is 0 Å². The van der Waals surface area contributed by atoms with E-state index < -0.39 is 48.1 Å². The fourth-order valence-corrected chi connectivity index (χ4v) is 11.0. The minimum atomic E-state index is -4.39. The molecular formula is C35H40F3N7O3SSi. The molecule has 0 aliphatic rings. The summed E-state index contributed by atoms with van der Waals surface area (Å²) in [6.07, 6.45) is 1.17. The molecule has 50 heavy (non-hydrogen) atoms. The van der Waals surface area contributed by atoms with E-state index in [1.54, 1.807) is 106 Å². The van der Waals surface area contributed by atoms with E-state index in [-0.39, 0.29) is 5.82 Å². The number of benzene rings is 3. The van der Waals surface area contributed by atoms with Crippen LogP contribution in [0.3, 0.4) is 0 Å². The Morgan fingerprint density at radius 3 is 2.02 bits per heavy atom. The number of alkyl halides is 3. The molecule has 5 aromatic rings. The summed E-state index contributed by atoms with van der Waals surface area (Å²) >= 11 is 0. The molecule has 264 valence electrons. The Hall–Kier alpha value is -4.41. The van der Waals surface area contributed by atoms with E-state index in [9.17, 15) is 17.2 Å². The molecule has 0 aliphatic carbocycles. The molecule has 0 bridgehead atoms. The normalized spacial score (nSPS) is 13.7. The molecular weight excluding hydrogens is 684 g/mol. The van der Waals surface area contributed by atoms with Crippen LogP contribution in [-0.4, -0.2) is 61.2 Å².